The first-order valence-corrected chi connectivity index (χ1v) is 6.46. The zero-order chi connectivity index (χ0) is 12.8. The van der Waals surface area contributed by atoms with Gasteiger partial charge in [-0.2, -0.15) is 0 Å². The van der Waals surface area contributed by atoms with Crippen LogP contribution in [0.3, 0.4) is 0 Å². The Morgan fingerprint density at radius 3 is 2.59 bits per heavy atom. The van der Waals surface area contributed by atoms with Crippen LogP contribution in [-0.2, 0) is 4.74 Å². The predicted molar refractivity (Wildman–Crippen MR) is 64.6 cm³/mol. The summed E-state index contributed by atoms with van der Waals surface area (Å²) in [4.78, 5) is 11.5. The van der Waals surface area contributed by atoms with Gasteiger partial charge in [-0.15, -0.1) is 0 Å². The number of amides is 1. The SMILES string of the molecule is CCOC(=O)N[C@@H]1[C@H]2CC[C@@](C)([C@H]1O)C2(C)C. The van der Waals surface area contributed by atoms with Gasteiger partial charge in [-0.25, -0.2) is 4.79 Å². The molecule has 0 aromatic rings. The molecular weight excluding hydrogens is 218 g/mol. The van der Waals surface area contributed by atoms with Crippen molar-refractivity contribution in [2.45, 2.75) is 52.7 Å². The molecule has 0 aromatic carbocycles. The third kappa shape index (κ3) is 1.57. The molecular formula is C13H23NO3. The summed E-state index contributed by atoms with van der Waals surface area (Å²) < 4.78 is 4.90. The number of nitrogens with one attached hydrogen (secondary N) is 1. The Labute approximate surface area is 103 Å². The first-order chi connectivity index (χ1) is 7.84. The second kappa shape index (κ2) is 3.87. The number of hydrogen-bond donors (Lipinski definition) is 2. The molecule has 4 heteroatoms. The summed E-state index contributed by atoms with van der Waals surface area (Å²) in [5.41, 5.74) is -0.0294. The molecule has 0 radical (unpaired) electrons. The van der Waals surface area contributed by atoms with Crippen LogP contribution in [0.15, 0.2) is 0 Å². The Bertz CT molecular complexity index is 329. The maximum Gasteiger partial charge on any atom is 0.407 e. The lowest BCUT2D eigenvalue weighted by molar-refractivity contribution is -0.0000977. The van der Waals surface area contributed by atoms with Gasteiger partial charge in [-0.05, 0) is 31.1 Å². The lowest BCUT2D eigenvalue weighted by atomic mass is 9.70. The van der Waals surface area contributed by atoms with E-state index in [4.69, 9.17) is 4.74 Å². The van der Waals surface area contributed by atoms with E-state index >= 15 is 0 Å². The van der Waals surface area contributed by atoms with Crippen molar-refractivity contribution in [1.29, 1.82) is 0 Å². The van der Waals surface area contributed by atoms with Crippen LogP contribution >= 0.6 is 0 Å². The number of ether oxygens (including phenoxy) is 1. The molecule has 2 aliphatic rings. The normalized spacial score (nSPS) is 42.5. The molecule has 0 heterocycles. The molecule has 98 valence electrons. The molecule has 0 saturated heterocycles. The van der Waals surface area contributed by atoms with Crippen LogP contribution < -0.4 is 5.32 Å². The summed E-state index contributed by atoms with van der Waals surface area (Å²) in [7, 11) is 0. The Kier molecular flexibility index (Phi) is 2.89. The molecule has 1 amide bonds. The number of alkyl carbamates (subject to hydrolysis) is 1. The fraction of sp³-hybridized carbons (Fsp3) is 0.923. The number of carbonyl (C=O) groups is 1. The average molecular weight is 241 g/mol. The van der Waals surface area contributed by atoms with Gasteiger partial charge in [0.1, 0.15) is 0 Å². The second-order valence-corrected chi connectivity index (χ2v) is 6.12. The molecule has 2 bridgehead atoms. The third-order valence-electron chi connectivity index (χ3n) is 5.36. The summed E-state index contributed by atoms with van der Waals surface area (Å²) in [5, 5.41) is 13.3. The summed E-state index contributed by atoms with van der Waals surface area (Å²) in [6.07, 6.45) is 1.22. The highest BCUT2D eigenvalue weighted by Gasteiger charge is 2.66. The highest BCUT2D eigenvalue weighted by atomic mass is 16.5. The molecule has 2 N–H and O–H groups in total. The lowest BCUT2D eigenvalue weighted by Crippen LogP contribution is -2.49. The maximum absolute atomic E-state index is 11.5. The smallest absolute Gasteiger partial charge is 0.407 e. The number of hydrogen-bond acceptors (Lipinski definition) is 3. The van der Waals surface area contributed by atoms with Gasteiger partial charge in [-0.1, -0.05) is 20.8 Å². The van der Waals surface area contributed by atoms with Crippen LogP contribution in [0, 0.1) is 16.7 Å². The first-order valence-electron chi connectivity index (χ1n) is 6.46. The van der Waals surface area contributed by atoms with Crippen molar-refractivity contribution in [2.24, 2.45) is 16.7 Å². The molecule has 2 rings (SSSR count). The Morgan fingerprint density at radius 1 is 1.47 bits per heavy atom. The van der Waals surface area contributed by atoms with Gasteiger partial charge >= 0.3 is 6.09 Å². The number of carbonyl (C=O) groups excluding carboxylic acids is 1. The second-order valence-electron chi connectivity index (χ2n) is 6.12. The first kappa shape index (κ1) is 12.7. The zero-order valence-electron chi connectivity index (χ0n) is 11.1. The molecule has 0 unspecified atom stereocenters. The van der Waals surface area contributed by atoms with Gasteiger partial charge in [0.05, 0.1) is 18.8 Å². The van der Waals surface area contributed by atoms with E-state index in [0.717, 1.165) is 12.8 Å². The van der Waals surface area contributed by atoms with Crippen molar-refractivity contribution in [3.05, 3.63) is 0 Å². The minimum Gasteiger partial charge on any atom is -0.450 e. The van der Waals surface area contributed by atoms with Gasteiger partial charge in [-0.3, -0.25) is 0 Å². The topological polar surface area (TPSA) is 58.6 Å². The van der Waals surface area contributed by atoms with Crippen LogP contribution in [0.5, 0.6) is 0 Å². The Balaban J connectivity index is 2.14. The molecule has 2 saturated carbocycles. The van der Waals surface area contributed by atoms with Crippen LogP contribution in [0.4, 0.5) is 4.79 Å². The summed E-state index contributed by atoms with van der Waals surface area (Å²) in [5.74, 6) is 0.340. The minimum atomic E-state index is -0.472. The predicted octanol–water partition coefficient (Wildman–Crippen LogP) is 1.92. The van der Waals surface area contributed by atoms with Gasteiger partial charge < -0.3 is 15.2 Å². The zero-order valence-corrected chi connectivity index (χ0v) is 11.1. The summed E-state index contributed by atoms with van der Waals surface area (Å²) >= 11 is 0. The molecule has 4 nitrogen and oxygen atoms in total. The summed E-state index contributed by atoms with van der Waals surface area (Å²) in [6.45, 7) is 8.66. The van der Waals surface area contributed by atoms with Crippen molar-refractivity contribution >= 4 is 6.09 Å². The number of fused-ring (bicyclic) bond motifs is 2. The third-order valence-corrected chi connectivity index (χ3v) is 5.36. The Hall–Kier alpha value is -0.770. The lowest BCUT2D eigenvalue weighted by Gasteiger charge is -2.37. The van der Waals surface area contributed by atoms with Crippen molar-refractivity contribution in [2.75, 3.05) is 6.61 Å². The van der Waals surface area contributed by atoms with E-state index < -0.39 is 12.2 Å². The van der Waals surface area contributed by atoms with Gasteiger partial charge in [0, 0.05) is 5.41 Å². The molecule has 2 fully saturated rings. The summed E-state index contributed by atoms with van der Waals surface area (Å²) in [6, 6.07) is -0.164. The van der Waals surface area contributed by atoms with Crippen LogP contribution in [0.2, 0.25) is 0 Å². The highest BCUT2D eigenvalue weighted by molar-refractivity contribution is 5.68. The average Bonchev–Trinajstić information content (AvgIpc) is 2.53. The van der Waals surface area contributed by atoms with E-state index in [1.807, 2.05) is 0 Å². The van der Waals surface area contributed by atoms with Crippen molar-refractivity contribution in [3.63, 3.8) is 0 Å². The standard InChI is InChI=1S/C13H23NO3/c1-5-17-11(16)14-9-8-6-7-13(4,10(9)15)12(8,2)3/h8-10,15H,5-7H2,1-4H3,(H,14,16)/t8-,9-,10+,13+/m1/s1. The highest BCUT2D eigenvalue weighted by Crippen LogP contribution is 2.65. The minimum absolute atomic E-state index is 0.0660. The van der Waals surface area contributed by atoms with Crippen LogP contribution in [0.1, 0.15) is 40.5 Å². The maximum atomic E-state index is 11.5. The number of aliphatic hydroxyl groups is 1. The molecule has 0 aliphatic heterocycles. The van der Waals surface area contributed by atoms with Gasteiger partial charge in [0.15, 0.2) is 0 Å². The fourth-order valence-electron chi connectivity index (χ4n) is 3.82. The molecule has 4 atom stereocenters. The van der Waals surface area contributed by atoms with E-state index in [9.17, 15) is 9.90 Å². The van der Waals surface area contributed by atoms with E-state index in [1.54, 1.807) is 6.92 Å². The van der Waals surface area contributed by atoms with E-state index in [2.05, 4.69) is 26.1 Å². The number of rotatable bonds is 2. The van der Waals surface area contributed by atoms with Crippen molar-refractivity contribution < 1.29 is 14.6 Å². The monoisotopic (exact) mass is 241 g/mol. The van der Waals surface area contributed by atoms with Gasteiger partial charge in [0.2, 0.25) is 0 Å². The van der Waals surface area contributed by atoms with Crippen LogP contribution in [-0.4, -0.2) is 30.0 Å². The number of aliphatic hydroxyl groups excluding tert-OH is 1. The largest absolute Gasteiger partial charge is 0.450 e. The fourth-order valence-corrected chi connectivity index (χ4v) is 3.82. The molecule has 0 spiro atoms. The Morgan fingerprint density at radius 2 is 2.12 bits per heavy atom. The van der Waals surface area contributed by atoms with Crippen molar-refractivity contribution in [3.8, 4) is 0 Å². The van der Waals surface area contributed by atoms with Gasteiger partial charge in [0.25, 0.3) is 0 Å². The van der Waals surface area contributed by atoms with E-state index in [-0.39, 0.29) is 16.9 Å². The van der Waals surface area contributed by atoms with Crippen LogP contribution in [0.25, 0.3) is 0 Å². The molecule has 0 aromatic heterocycles. The van der Waals surface area contributed by atoms with E-state index in [1.165, 1.54) is 0 Å². The van der Waals surface area contributed by atoms with E-state index in [0.29, 0.717) is 12.5 Å². The van der Waals surface area contributed by atoms with Crippen molar-refractivity contribution in [1.82, 2.24) is 5.32 Å². The molecule has 2 aliphatic carbocycles. The quantitative estimate of drug-likeness (QED) is 0.776. The molecule has 17 heavy (non-hydrogen) atoms.